The van der Waals surface area contributed by atoms with E-state index in [2.05, 4.69) is 0 Å². The molecule has 3 fully saturated rings. The smallest absolute Gasteiger partial charge is 0.166 e. The Bertz CT molecular complexity index is 236. The topological polar surface area (TPSA) is 29.5 Å². The van der Waals surface area contributed by atoms with Crippen molar-refractivity contribution in [2.75, 3.05) is 0 Å². The van der Waals surface area contributed by atoms with E-state index in [1.807, 2.05) is 0 Å². The Morgan fingerprint density at radius 2 is 1.79 bits per heavy atom. The SMILES string of the molecule is O[C@@]12CCC[C@]3(CCCCC3CC1)O2. The van der Waals surface area contributed by atoms with Gasteiger partial charge in [-0.2, -0.15) is 0 Å². The first-order valence-electron chi connectivity index (χ1n) is 6.15. The van der Waals surface area contributed by atoms with E-state index in [0.717, 1.165) is 25.2 Å². The molecule has 1 N–H and O–H groups in total. The molecule has 3 atom stereocenters. The van der Waals surface area contributed by atoms with E-state index in [4.69, 9.17) is 4.74 Å². The molecule has 1 saturated carbocycles. The van der Waals surface area contributed by atoms with Crippen LogP contribution in [-0.4, -0.2) is 16.5 Å². The fourth-order valence-corrected chi connectivity index (χ4v) is 3.87. The van der Waals surface area contributed by atoms with Crippen molar-refractivity contribution in [2.45, 2.75) is 69.2 Å². The first-order chi connectivity index (χ1) is 6.73. The van der Waals surface area contributed by atoms with Gasteiger partial charge in [-0.05, 0) is 38.0 Å². The Balaban J connectivity index is 1.89. The van der Waals surface area contributed by atoms with Crippen LogP contribution in [0, 0.1) is 5.92 Å². The zero-order chi connectivity index (χ0) is 9.65. The van der Waals surface area contributed by atoms with Crippen molar-refractivity contribution >= 4 is 0 Å². The van der Waals surface area contributed by atoms with Crippen LogP contribution in [0.2, 0.25) is 0 Å². The standard InChI is InChI=1S/C12H20O2/c13-12-8-3-7-11(14-12)6-2-1-4-10(11)5-9-12/h10,13H,1-9H2/t10?,11-,12+/m0/s1. The van der Waals surface area contributed by atoms with Crippen molar-refractivity contribution in [2.24, 2.45) is 5.92 Å². The highest BCUT2D eigenvalue weighted by molar-refractivity contribution is 5.00. The minimum Gasteiger partial charge on any atom is -0.365 e. The van der Waals surface area contributed by atoms with E-state index in [1.165, 1.54) is 38.5 Å². The van der Waals surface area contributed by atoms with E-state index in [9.17, 15) is 5.11 Å². The molecule has 0 amide bonds. The Labute approximate surface area is 85.6 Å². The minimum atomic E-state index is -0.744. The van der Waals surface area contributed by atoms with Gasteiger partial charge in [-0.15, -0.1) is 0 Å². The number of fused-ring (bicyclic) bond motifs is 1. The zero-order valence-corrected chi connectivity index (χ0v) is 8.80. The van der Waals surface area contributed by atoms with Crippen LogP contribution in [0.4, 0.5) is 0 Å². The fourth-order valence-electron chi connectivity index (χ4n) is 3.87. The number of hydrogen-bond donors (Lipinski definition) is 1. The third-order valence-corrected chi connectivity index (χ3v) is 4.59. The van der Waals surface area contributed by atoms with Crippen molar-refractivity contribution in [3.8, 4) is 0 Å². The molecule has 1 unspecified atom stereocenters. The van der Waals surface area contributed by atoms with Gasteiger partial charge in [0.1, 0.15) is 0 Å². The Hall–Kier alpha value is -0.0800. The predicted molar refractivity (Wildman–Crippen MR) is 53.8 cm³/mol. The molecule has 2 aliphatic heterocycles. The first kappa shape index (κ1) is 9.17. The highest BCUT2D eigenvalue weighted by Crippen LogP contribution is 2.53. The van der Waals surface area contributed by atoms with E-state index in [1.54, 1.807) is 0 Å². The van der Waals surface area contributed by atoms with Crippen molar-refractivity contribution in [3.63, 3.8) is 0 Å². The first-order valence-corrected chi connectivity index (χ1v) is 6.15. The van der Waals surface area contributed by atoms with Gasteiger partial charge in [0.25, 0.3) is 0 Å². The molecule has 0 radical (unpaired) electrons. The van der Waals surface area contributed by atoms with Crippen LogP contribution in [0.3, 0.4) is 0 Å². The quantitative estimate of drug-likeness (QED) is 0.645. The highest BCUT2D eigenvalue weighted by Gasteiger charge is 2.53. The van der Waals surface area contributed by atoms with Gasteiger partial charge < -0.3 is 9.84 Å². The summed E-state index contributed by atoms with van der Waals surface area (Å²) in [6.07, 6.45) is 10.5. The molecule has 2 bridgehead atoms. The average molecular weight is 196 g/mol. The van der Waals surface area contributed by atoms with Crippen molar-refractivity contribution < 1.29 is 9.84 Å². The molecule has 1 aliphatic carbocycles. The molecule has 2 heteroatoms. The second-order valence-electron chi connectivity index (χ2n) is 5.45. The predicted octanol–water partition coefficient (Wildman–Crippen LogP) is 2.60. The van der Waals surface area contributed by atoms with Gasteiger partial charge in [-0.3, -0.25) is 0 Å². The van der Waals surface area contributed by atoms with Crippen LogP contribution in [-0.2, 0) is 4.74 Å². The Morgan fingerprint density at radius 3 is 2.71 bits per heavy atom. The van der Waals surface area contributed by atoms with Gasteiger partial charge >= 0.3 is 0 Å². The van der Waals surface area contributed by atoms with Crippen molar-refractivity contribution in [3.05, 3.63) is 0 Å². The van der Waals surface area contributed by atoms with E-state index >= 15 is 0 Å². The highest BCUT2D eigenvalue weighted by atomic mass is 16.6. The van der Waals surface area contributed by atoms with Crippen molar-refractivity contribution in [1.29, 1.82) is 0 Å². The lowest BCUT2D eigenvalue weighted by Crippen LogP contribution is -2.57. The van der Waals surface area contributed by atoms with Crippen LogP contribution in [0.5, 0.6) is 0 Å². The minimum absolute atomic E-state index is 0.0868. The van der Waals surface area contributed by atoms with Crippen LogP contribution in [0.15, 0.2) is 0 Å². The van der Waals surface area contributed by atoms with Crippen LogP contribution in [0.25, 0.3) is 0 Å². The molecular weight excluding hydrogens is 176 g/mol. The monoisotopic (exact) mass is 196 g/mol. The number of ether oxygens (including phenoxy) is 1. The molecule has 2 heterocycles. The molecule has 0 aromatic heterocycles. The summed E-state index contributed by atoms with van der Waals surface area (Å²) in [5.41, 5.74) is 0.0868. The zero-order valence-electron chi connectivity index (χ0n) is 8.80. The Kier molecular flexibility index (Phi) is 1.94. The van der Waals surface area contributed by atoms with Crippen LogP contribution in [0.1, 0.15) is 57.8 Å². The maximum Gasteiger partial charge on any atom is 0.166 e. The second-order valence-corrected chi connectivity index (χ2v) is 5.45. The molecule has 0 aromatic carbocycles. The summed E-state index contributed by atoms with van der Waals surface area (Å²) in [4.78, 5) is 0. The van der Waals surface area contributed by atoms with Gasteiger partial charge in [-0.1, -0.05) is 12.8 Å². The second kappa shape index (κ2) is 2.96. The van der Waals surface area contributed by atoms with Gasteiger partial charge in [0.05, 0.1) is 5.60 Å². The van der Waals surface area contributed by atoms with Gasteiger partial charge in [0.15, 0.2) is 5.79 Å². The molecule has 2 saturated heterocycles. The summed E-state index contributed by atoms with van der Waals surface area (Å²) in [7, 11) is 0. The third-order valence-electron chi connectivity index (χ3n) is 4.59. The normalized spacial score (nSPS) is 52.5. The summed E-state index contributed by atoms with van der Waals surface area (Å²) < 4.78 is 6.06. The molecular formula is C12H20O2. The van der Waals surface area contributed by atoms with E-state index in [-0.39, 0.29) is 5.60 Å². The lowest BCUT2D eigenvalue weighted by Gasteiger charge is -2.56. The molecule has 0 aromatic rings. The molecule has 1 spiro atoms. The summed E-state index contributed by atoms with van der Waals surface area (Å²) in [6.45, 7) is 0. The van der Waals surface area contributed by atoms with Crippen LogP contribution < -0.4 is 0 Å². The Morgan fingerprint density at radius 1 is 0.929 bits per heavy atom. The van der Waals surface area contributed by atoms with Gasteiger partial charge in [0, 0.05) is 12.8 Å². The number of rotatable bonds is 0. The number of hydrogen-bond acceptors (Lipinski definition) is 2. The lowest BCUT2D eigenvalue weighted by atomic mass is 9.66. The van der Waals surface area contributed by atoms with Gasteiger partial charge in [0.2, 0.25) is 0 Å². The maximum absolute atomic E-state index is 10.2. The van der Waals surface area contributed by atoms with E-state index in [0.29, 0.717) is 0 Å². The van der Waals surface area contributed by atoms with Crippen molar-refractivity contribution in [1.82, 2.24) is 0 Å². The summed E-state index contributed by atoms with van der Waals surface area (Å²) in [5, 5.41) is 10.2. The summed E-state index contributed by atoms with van der Waals surface area (Å²) >= 11 is 0. The molecule has 3 rings (SSSR count). The average Bonchev–Trinajstić information content (AvgIpc) is 2.16. The largest absolute Gasteiger partial charge is 0.365 e. The molecule has 14 heavy (non-hydrogen) atoms. The summed E-state index contributed by atoms with van der Waals surface area (Å²) in [5.74, 6) is 0.00310. The lowest BCUT2D eigenvalue weighted by molar-refractivity contribution is -0.338. The maximum atomic E-state index is 10.2. The third kappa shape index (κ3) is 1.24. The molecule has 80 valence electrons. The molecule has 3 aliphatic rings. The van der Waals surface area contributed by atoms with E-state index < -0.39 is 5.79 Å². The fraction of sp³-hybridized carbons (Fsp3) is 1.00. The molecule has 2 nitrogen and oxygen atoms in total. The van der Waals surface area contributed by atoms with Gasteiger partial charge in [-0.25, -0.2) is 0 Å². The number of aliphatic hydroxyl groups is 1. The van der Waals surface area contributed by atoms with Crippen LogP contribution >= 0.6 is 0 Å². The summed E-state index contributed by atoms with van der Waals surface area (Å²) in [6, 6.07) is 0.